The molecular formula is C14H13Cl2N. The summed E-state index contributed by atoms with van der Waals surface area (Å²) < 4.78 is 0. The van der Waals surface area contributed by atoms with Crippen LogP contribution in [0, 0.1) is 0 Å². The molecule has 2 aromatic rings. The smallest absolute Gasteiger partial charge is 0.0624 e. The zero-order chi connectivity index (χ0) is 12.1. The molecule has 0 bridgehead atoms. The summed E-state index contributed by atoms with van der Waals surface area (Å²) in [6.45, 7) is 0.837. The quantitative estimate of drug-likeness (QED) is 0.849. The summed E-state index contributed by atoms with van der Waals surface area (Å²) in [6, 6.07) is 15.8. The molecule has 0 saturated carbocycles. The first kappa shape index (κ1) is 12.3. The van der Waals surface area contributed by atoms with E-state index in [-0.39, 0.29) is 0 Å². The molecule has 0 aliphatic heterocycles. The van der Waals surface area contributed by atoms with Crippen molar-refractivity contribution < 1.29 is 0 Å². The van der Waals surface area contributed by atoms with Crippen LogP contribution < -0.4 is 5.32 Å². The van der Waals surface area contributed by atoms with Gasteiger partial charge in [-0.3, -0.25) is 0 Å². The highest BCUT2D eigenvalue weighted by Gasteiger charge is 2.03. The maximum Gasteiger partial charge on any atom is 0.0624 e. The van der Waals surface area contributed by atoms with Gasteiger partial charge in [-0.15, -0.1) is 0 Å². The van der Waals surface area contributed by atoms with Crippen LogP contribution in [-0.4, -0.2) is 6.54 Å². The Labute approximate surface area is 111 Å². The number of para-hydroxylation sites is 1. The number of hydrogen-bond donors (Lipinski definition) is 1. The van der Waals surface area contributed by atoms with Gasteiger partial charge in [-0.25, -0.2) is 0 Å². The lowest BCUT2D eigenvalue weighted by atomic mass is 10.1. The highest BCUT2D eigenvalue weighted by molar-refractivity contribution is 6.42. The minimum atomic E-state index is 0.615. The van der Waals surface area contributed by atoms with E-state index in [0.717, 1.165) is 24.2 Å². The first-order valence-electron chi connectivity index (χ1n) is 5.49. The van der Waals surface area contributed by atoms with E-state index >= 15 is 0 Å². The summed E-state index contributed by atoms with van der Waals surface area (Å²) >= 11 is 12.1. The van der Waals surface area contributed by atoms with Crippen molar-refractivity contribution in [2.45, 2.75) is 6.42 Å². The number of hydrogen-bond acceptors (Lipinski definition) is 1. The Hall–Kier alpha value is -1.18. The highest BCUT2D eigenvalue weighted by Crippen LogP contribution is 2.25. The number of nitrogens with one attached hydrogen (secondary N) is 1. The van der Waals surface area contributed by atoms with E-state index in [4.69, 9.17) is 23.2 Å². The Morgan fingerprint density at radius 1 is 0.882 bits per heavy atom. The molecule has 0 aliphatic carbocycles. The first-order valence-corrected chi connectivity index (χ1v) is 6.25. The second-order valence-electron chi connectivity index (χ2n) is 3.76. The Morgan fingerprint density at radius 2 is 1.65 bits per heavy atom. The van der Waals surface area contributed by atoms with Crippen LogP contribution in [0.3, 0.4) is 0 Å². The van der Waals surface area contributed by atoms with Gasteiger partial charge in [-0.2, -0.15) is 0 Å². The second kappa shape index (κ2) is 5.95. The molecule has 0 unspecified atom stereocenters. The van der Waals surface area contributed by atoms with Crippen molar-refractivity contribution in [1.29, 1.82) is 0 Å². The van der Waals surface area contributed by atoms with Gasteiger partial charge in [0.05, 0.1) is 10.0 Å². The van der Waals surface area contributed by atoms with Gasteiger partial charge in [0.2, 0.25) is 0 Å². The van der Waals surface area contributed by atoms with Crippen LogP contribution in [-0.2, 0) is 6.42 Å². The minimum absolute atomic E-state index is 0.615. The Bertz CT molecular complexity index is 483. The van der Waals surface area contributed by atoms with Crippen molar-refractivity contribution in [3.8, 4) is 0 Å². The summed E-state index contributed by atoms with van der Waals surface area (Å²) in [5.74, 6) is 0. The average Bonchev–Trinajstić information content (AvgIpc) is 2.36. The molecule has 0 amide bonds. The van der Waals surface area contributed by atoms with Crippen LogP contribution in [0.1, 0.15) is 5.56 Å². The standard InChI is InChI=1S/C14H13Cl2N/c15-13-8-4-5-11(14(13)16)9-10-17-12-6-2-1-3-7-12/h1-8,17H,9-10H2. The van der Waals surface area contributed by atoms with Crippen LogP contribution in [0.5, 0.6) is 0 Å². The molecule has 3 heteroatoms. The fraction of sp³-hybridized carbons (Fsp3) is 0.143. The number of halogens is 2. The van der Waals surface area contributed by atoms with E-state index in [1.807, 2.05) is 42.5 Å². The third-order valence-electron chi connectivity index (χ3n) is 2.53. The number of benzene rings is 2. The average molecular weight is 266 g/mol. The third-order valence-corrected chi connectivity index (χ3v) is 3.39. The monoisotopic (exact) mass is 265 g/mol. The van der Waals surface area contributed by atoms with Gasteiger partial charge < -0.3 is 5.32 Å². The number of rotatable bonds is 4. The fourth-order valence-corrected chi connectivity index (χ4v) is 2.05. The van der Waals surface area contributed by atoms with E-state index in [1.54, 1.807) is 6.07 Å². The normalized spacial score (nSPS) is 10.2. The Kier molecular flexibility index (Phi) is 4.29. The van der Waals surface area contributed by atoms with Crippen molar-refractivity contribution >= 4 is 28.9 Å². The van der Waals surface area contributed by atoms with Gasteiger partial charge in [-0.1, -0.05) is 53.5 Å². The zero-order valence-electron chi connectivity index (χ0n) is 9.29. The molecular weight excluding hydrogens is 253 g/mol. The van der Waals surface area contributed by atoms with Gasteiger partial charge in [0.15, 0.2) is 0 Å². The molecule has 2 rings (SSSR count). The summed E-state index contributed by atoms with van der Waals surface area (Å²) in [7, 11) is 0. The largest absolute Gasteiger partial charge is 0.385 e. The molecule has 1 nitrogen and oxygen atoms in total. The van der Waals surface area contributed by atoms with Crippen molar-refractivity contribution in [2.75, 3.05) is 11.9 Å². The molecule has 0 heterocycles. The molecule has 1 N–H and O–H groups in total. The van der Waals surface area contributed by atoms with Crippen LogP contribution >= 0.6 is 23.2 Å². The van der Waals surface area contributed by atoms with E-state index < -0.39 is 0 Å². The molecule has 0 atom stereocenters. The molecule has 0 radical (unpaired) electrons. The van der Waals surface area contributed by atoms with Gasteiger partial charge in [-0.05, 0) is 30.2 Å². The van der Waals surface area contributed by atoms with E-state index in [0.29, 0.717) is 10.0 Å². The molecule has 0 spiro atoms. The second-order valence-corrected chi connectivity index (χ2v) is 4.54. The lowest BCUT2D eigenvalue weighted by Gasteiger charge is -2.08. The van der Waals surface area contributed by atoms with Gasteiger partial charge in [0, 0.05) is 12.2 Å². The van der Waals surface area contributed by atoms with Crippen molar-refractivity contribution in [3.63, 3.8) is 0 Å². The van der Waals surface area contributed by atoms with Gasteiger partial charge in [0.1, 0.15) is 0 Å². The first-order chi connectivity index (χ1) is 8.27. The van der Waals surface area contributed by atoms with Crippen LogP contribution in [0.2, 0.25) is 10.0 Å². The van der Waals surface area contributed by atoms with Crippen LogP contribution in [0.25, 0.3) is 0 Å². The van der Waals surface area contributed by atoms with Gasteiger partial charge >= 0.3 is 0 Å². The predicted octanol–water partition coefficient (Wildman–Crippen LogP) is 4.65. The topological polar surface area (TPSA) is 12.0 Å². The molecule has 88 valence electrons. The molecule has 0 fully saturated rings. The van der Waals surface area contributed by atoms with Crippen LogP contribution in [0.4, 0.5) is 5.69 Å². The Morgan fingerprint density at radius 3 is 2.41 bits per heavy atom. The van der Waals surface area contributed by atoms with Crippen molar-refractivity contribution in [2.24, 2.45) is 0 Å². The summed E-state index contributed by atoms with van der Waals surface area (Å²) in [4.78, 5) is 0. The van der Waals surface area contributed by atoms with Crippen molar-refractivity contribution in [1.82, 2.24) is 0 Å². The van der Waals surface area contributed by atoms with Gasteiger partial charge in [0.25, 0.3) is 0 Å². The fourth-order valence-electron chi connectivity index (χ4n) is 1.64. The number of anilines is 1. The predicted molar refractivity (Wildman–Crippen MR) is 75.1 cm³/mol. The molecule has 0 aliphatic rings. The lowest BCUT2D eigenvalue weighted by molar-refractivity contribution is 1.02. The lowest BCUT2D eigenvalue weighted by Crippen LogP contribution is -2.04. The van der Waals surface area contributed by atoms with E-state index in [2.05, 4.69) is 5.32 Å². The van der Waals surface area contributed by atoms with Crippen LogP contribution in [0.15, 0.2) is 48.5 Å². The zero-order valence-corrected chi connectivity index (χ0v) is 10.8. The maximum absolute atomic E-state index is 6.12. The summed E-state index contributed by atoms with van der Waals surface area (Å²) in [5.41, 5.74) is 2.19. The molecule has 2 aromatic carbocycles. The summed E-state index contributed by atoms with van der Waals surface area (Å²) in [6.07, 6.45) is 0.855. The van der Waals surface area contributed by atoms with Crippen molar-refractivity contribution in [3.05, 3.63) is 64.1 Å². The molecule has 0 saturated heterocycles. The third kappa shape index (κ3) is 3.39. The Balaban J connectivity index is 1.93. The molecule has 17 heavy (non-hydrogen) atoms. The van der Waals surface area contributed by atoms with E-state index in [9.17, 15) is 0 Å². The molecule has 0 aromatic heterocycles. The highest BCUT2D eigenvalue weighted by atomic mass is 35.5. The summed E-state index contributed by atoms with van der Waals surface area (Å²) in [5, 5.41) is 4.61. The van der Waals surface area contributed by atoms with E-state index in [1.165, 1.54) is 0 Å². The SMILES string of the molecule is Clc1cccc(CCNc2ccccc2)c1Cl. The minimum Gasteiger partial charge on any atom is -0.385 e. The maximum atomic E-state index is 6.12.